The fourth-order valence-corrected chi connectivity index (χ4v) is 4.52. The number of halogens is 1. The minimum atomic E-state index is -0.347. The number of nitrogens with zero attached hydrogens (tertiary/aromatic N) is 3. The van der Waals surface area contributed by atoms with Crippen LogP contribution >= 0.6 is 11.8 Å². The van der Waals surface area contributed by atoms with Crippen molar-refractivity contribution in [2.45, 2.75) is 42.6 Å². The Kier molecular flexibility index (Phi) is 5.67. The number of nitrogens with one attached hydrogen (secondary N) is 1. The number of aryl methyl sites for hydroxylation is 1. The van der Waals surface area contributed by atoms with E-state index >= 15 is 0 Å². The van der Waals surface area contributed by atoms with E-state index in [9.17, 15) is 9.18 Å². The molecule has 4 rings (SSSR count). The highest BCUT2D eigenvalue weighted by Gasteiger charge is 2.25. The van der Waals surface area contributed by atoms with E-state index < -0.39 is 0 Å². The number of carbonyl (C=O) groups excluding carboxylic acids is 1. The van der Waals surface area contributed by atoms with Crippen molar-refractivity contribution in [2.24, 2.45) is 7.05 Å². The topological polar surface area (TPSA) is 59.8 Å². The first-order valence-electron chi connectivity index (χ1n) is 9.73. The highest BCUT2D eigenvalue weighted by Crippen LogP contribution is 2.31. The number of thioether (sulfide) groups is 1. The van der Waals surface area contributed by atoms with E-state index in [1.165, 1.54) is 29.0 Å². The Balaban J connectivity index is 1.46. The van der Waals surface area contributed by atoms with Crippen molar-refractivity contribution in [3.8, 4) is 11.4 Å². The quantitative estimate of drug-likeness (QED) is 0.638. The van der Waals surface area contributed by atoms with Crippen LogP contribution < -0.4 is 5.32 Å². The molecule has 1 aliphatic carbocycles. The predicted molar refractivity (Wildman–Crippen MR) is 112 cm³/mol. The van der Waals surface area contributed by atoms with Crippen LogP contribution in [-0.4, -0.2) is 25.9 Å². The normalized spacial score (nSPS) is 16.9. The average Bonchev–Trinajstić information content (AvgIpc) is 3.08. The van der Waals surface area contributed by atoms with Gasteiger partial charge in [0.15, 0.2) is 11.0 Å². The van der Waals surface area contributed by atoms with Crippen LogP contribution in [0.25, 0.3) is 11.4 Å². The molecule has 29 heavy (non-hydrogen) atoms. The number of aromatic nitrogens is 3. The SMILES string of the molecule is C[C@@H](Sc1nnc(-c2ccccc2F)n1C)C(=O)N[C@@H]1CCCc2ccccc21. The molecule has 3 aromatic rings. The predicted octanol–water partition coefficient (Wildman–Crippen LogP) is 4.30. The van der Waals surface area contributed by atoms with Crippen molar-refractivity contribution >= 4 is 17.7 Å². The molecule has 5 nitrogen and oxygen atoms in total. The van der Waals surface area contributed by atoms with Crippen LogP contribution in [-0.2, 0) is 18.3 Å². The summed E-state index contributed by atoms with van der Waals surface area (Å²) in [5.74, 6) is 0.0628. The molecular weight excluding hydrogens is 387 g/mol. The number of benzene rings is 2. The molecule has 0 spiro atoms. The molecule has 7 heteroatoms. The lowest BCUT2D eigenvalue weighted by Gasteiger charge is -2.27. The molecule has 0 aliphatic heterocycles. The number of rotatable bonds is 5. The Labute approximate surface area is 173 Å². The van der Waals surface area contributed by atoms with E-state index in [1.807, 2.05) is 19.1 Å². The van der Waals surface area contributed by atoms with Gasteiger partial charge in [0.2, 0.25) is 5.91 Å². The molecule has 1 amide bonds. The molecular formula is C22H23FN4OS. The lowest BCUT2D eigenvalue weighted by molar-refractivity contribution is -0.121. The molecule has 0 saturated heterocycles. The summed E-state index contributed by atoms with van der Waals surface area (Å²) in [6, 6.07) is 14.8. The number of fused-ring (bicyclic) bond motifs is 1. The summed E-state index contributed by atoms with van der Waals surface area (Å²) < 4.78 is 15.8. The molecule has 2 atom stereocenters. The number of carbonyl (C=O) groups is 1. The second kappa shape index (κ2) is 8.37. The highest BCUT2D eigenvalue weighted by molar-refractivity contribution is 8.00. The smallest absolute Gasteiger partial charge is 0.233 e. The van der Waals surface area contributed by atoms with Gasteiger partial charge in [-0.2, -0.15) is 0 Å². The van der Waals surface area contributed by atoms with Gasteiger partial charge in [0, 0.05) is 7.05 Å². The van der Waals surface area contributed by atoms with Gasteiger partial charge in [-0.05, 0) is 49.4 Å². The first kappa shape index (κ1) is 19.6. The van der Waals surface area contributed by atoms with Crippen LogP contribution in [0.15, 0.2) is 53.7 Å². The Morgan fingerprint density at radius 2 is 1.97 bits per heavy atom. The van der Waals surface area contributed by atoms with Crippen LogP contribution in [0, 0.1) is 5.82 Å². The summed E-state index contributed by atoms with van der Waals surface area (Å²) in [6.07, 6.45) is 3.07. The third kappa shape index (κ3) is 4.05. The van der Waals surface area contributed by atoms with Crippen molar-refractivity contribution in [3.05, 3.63) is 65.5 Å². The van der Waals surface area contributed by atoms with E-state index in [1.54, 1.807) is 29.8 Å². The fourth-order valence-electron chi connectivity index (χ4n) is 3.70. The average molecular weight is 411 g/mol. The second-order valence-electron chi connectivity index (χ2n) is 7.26. The molecule has 0 unspecified atom stereocenters. The van der Waals surface area contributed by atoms with E-state index in [0.717, 1.165) is 19.3 Å². The molecule has 0 saturated carbocycles. The van der Waals surface area contributed by atoms with Gasteiger partial charge in [-0.1, -0.05) is 48.2 Å². The zero-order valence-corrected chi connectivity index (χ0v) is 17.2. The summed E-state index contributed by atoms with van der Waals surface area (Å²) in [4.78, 5) is 12.8. The number of amides is 1. The summed E-state index contributed by atoms with van der Waals surface area (Å²) in [6.45, 7) is 1.85. The van der Waals surface area contributed by atoms with Crippen molar-refractivity contribution in [1.82, 2.24) is 20.1 Å². The van der Waals surface area contributed by atoms with E-state index in [2.05, 4.69) is 27.6 Å². The van der Waals surface area contributed by atoms with Gasteiger partial charge in [-0.15, -0.1) is 10.2 Å². The first-order chi connectivity index (χ1) is 14.0. The van der Waals surface area contributed by atoms with Crippen molar-refractivity contribution in [1.29, 1.82) is 0 Å². The molecule has 0 radical (unpaired) electrons. The van der Waals surface area contributed by atoms with Crippen molar-refractivity contribution in [3.63, 3.8) is 0 Å². The summed E-state index contributed by atoms with van der Waals surface area (Å²) in [5.41, 5.74) is 2.92. The molecule has 1 aromatic heterocycles. The monoisotopic (exact) mass is 410 g/mol. The maximum absolute atomic E-state index is 14.1. The maximum atomic E-state index is 14.1. The summed E-state index contributed by atoms with van der Waals surface area (Å²) >= 11 is 1.32. The molecule has 150 valence electrons. The maximum Gasteiger partial charge on any atom is 0.233 e. The molecule has 0 fully saturated rings. The van der Waals surface area contributed by atoms with Gasteiger partial charge in [0.1, 0.15) is 5.82 Å². The van der Waals surface area contributed by atoms with Gasteiger partial charge in [0.05, 0.1) is 16.9 Å². The third-order valence-electron chi connectivity index (χ3n) is 5.29. The fraction of sp³-hybridized carbons (Fsp3) is 0.318. The van der Waals surface area contributed by atoms with Gasteiger partial charge < -0.3 is 9.88 Å². The van der Waals surface area contributed by atoms with E-state index in [-0.39, 0.29) is 23.0 Å². The number of hydrogen-bond acceptors (Lipinski definition) is 4. The van der Waals surface area contributed by atoms with Crippen LogP contribution in [0.5, 0.6) is 0 Å². The third-order valence-corrected chi connectivity index (χ3v) is 6.42. The Morgan fingerprint density at radius 1 is 1.21 bits per heavy atom. The summed E-state index contributed by atoms with van der Waals surface area (Å²) in [7, 11) is 1.78. The van der Waals surface area contributed by atoms with Gasteiger partial charge >= 0.3 is 0 Å². The van der Waals surface area contributed by atoms with Crippen LogP contribution in [0.3, 0.4) is 0 Å². The van der Waals surface area contributed by atoms with Gasteiger partial charge in [0.25, 0.3) is 0 Å². The molecule has 1 heterocycles. The first-order valence-corrected chi connectivity index (χ1v) is 10.6. The van der Waals surface area contributed by atoms with E-state index in [0.29, 0.717) is 16.5 Å². The van der Waals surface area contributed by atoms with Crippen LogP contribution in [0.1, 0.15) is 36.9 Å². The minimum absolute atomic E-state index is 0.0351. The highest BCUT2D eigenvalue weighted by atomic mass is 32.2. The lowest BCUT2D eigenvalue weighted by atomic mass is 9.88. The van der Waals surface area contributed by atoms with Crippen LogP contribution in [0.2, 0.25) is 0 Å². The van der Waals surface area contributed by atoms with Crippen molar-refractivity contribution < 1.29 is 9.18 Å². The molecule has 2 aromatic carbocycles. The van der Waals surface area contributed by atoms with Crippen molar-refractivity contribution in [2.75, 3.05) is 0 Å². The van der Waals surface area contributed by atoms with E-state index in [4.69, 9.17) is 0 Å². The Morgan fingerprint density at radius 3 is 2.79 bits per heavy atom. The second-order valence-corrected chi connectivity index (χ2v) is 8.57. The lowest BCUT2D eigenvalue weighted by Crippen LogP contribution is -2.36. The van der Waals surface area contributed by atoms with Gasteiger partial charge in [-0.3, -0.25) is 4.79 Å². The largest absolute Gasteiger partial charge is 0.348 e. The minimum Gasteiger partial charge on any atom is -0.348 e. The molecule has 1 aliphatic rings. The zero-order valence-electron chi connectivity index (χ0n) is 16.4. The molecule has 0 bridgehead atoms. The zero-order chi connectivity index (χ0) is 20.4. The Hall–Kier alpha value is -2.67. The standard InChI is InChI=1S/C22H23FN4OS/c1-14(21(28)24-19-13-7-9-15-8-3-4-10-16(15)19)29-22-26-25-20(27(22)2)17-11-5-6-12-18(17)23/h3-6,8,10-12,14,19H,7,9,13H2,1-2H3,(H,24,28)/t14-,19-/m1/s1. The Bertz CT molecular complexity index is 1040. The van der Waals surface area contributed by atoms with Crippen LogP contribution in [0.4, 0.5) is 4.39 Å². The molecule has 1 N–H and O–H groups in total. The van der Waals surface area contributed by atoms with Gasteiger partial charge in [-0.25, -0.2) is 4.39 Å². The summed E-state index contributed by atoms with van der Waals surface area (Å²) in [5, 5.41) is 11.7. The number of hydrogen-bond donors (Lipinski definition) is 1.